The zero-order valence-electron chi connectivity index (χ0n) is 16.0. The van der Waals surface area contributed by atoms with E-state index in [0.29, 0.717) is 18.2 Å². The molecule has 0 spiro atoms. The number of nitrogens with zero attached hydrogens (tertiary/aromatic N) is 2. The smallest absolute Gasteiger partial charge is 0.277 e. The average molecular weight is 377 g/mol. The highest BCUT2D eigenvalue weighted by Gasteiger charge is 2.22. The summed E-state index contributed by atoms with van der Waals surface area (Å²) in [7, 11) is 3.24. The molecule has 1 aliphatic rings. The summed E-state index contributed by atoms with van der Waals surface area (Å²) in [4.78, 5) is 25.4. The number of ether oxygens (including phenoxy) is 2. The van der Waals surface area contributed by atoms with Gasteiger partial charge in [-0.3, -0.25) is 14.5 Å². The Morgan fingerprint density at radius 3 is 2.44 bits per heavy atom. The Labute approximate surface area is 159 Å². The van der Waals surface area contributed by atoms with Crippen molar-refractivity contribution in [3.05, 3.63) is 23.8 Å². The fourth-order valence-electron chi connectivity index (χ4n) is 3.18. The average Bonchev–Trinajstić information content (AvgIpc) is 2.67. The Morgan fingerprint density at radius 1 is 1.22 bits per heavy atom. The van der Waals surface area contributed by atoms with Crippen LogP contribution in [-0.4, -0.2) is 61.4 Å². The van der Waals surface area contributed by atoms with Gasteiger partial charge < -0.3 is 20.0 Å². The molecule has 2 rings (SSSR count). The summed E-state index contributed by atoms with van der Waals surface area (Å²) in [5.74, 6) is 0.589. The number of piperidine rings is 1. The van der Waals surface area contributed by atoms with Crippen LogP contribution in [0.15, 0.2) is 23.4 Å². The van der Waals surface area contributed by atoms with Gasteiger partial charge in [-0.2, -0.15) is 0 Å². The van der Waals surface area contributed by atoms with Gasteiger partial charge in [0.25, 0.3) is 5.91 Å². The number of carbonyl (C=O) groups excluding carboxylic acids is 2. The Hall–Kier alpha value is -2.61. The number of carbonyl (C=O) groups is 2. The van der Waals surface area contributed by atoms with Gasteiger partial charge in [0.1, 0.15) is 0 Å². The van der Waals surface area contributed by atoms with Crippen molar-refractivity contribution >= 4 is 17.4 Å². The predicted octanol–water partition coefficient (Wildman–Crippen LogP) is 1.45. The zero-order chi connectivity index (χ0) is 19.8. The molecule has 1 aromatic rings. The maximum absolute atomic E-state index is 11.8. The molecular formula is C19H27N3O5. The molecule has 1 amide bonds. The van der Waals surface area contributed by atoms with Gasteiger partial charge in [-0.15, -0.1) is 0 Å². The molecule has 148 valence electrons. The molecule has 8 nitrogen and oxygen atoms in total. The normalized spacial score (nSPS) is 16.0. The minimum atomic E-state index is -0.627. The third-order valence-corrected chi connectivity index (χ3v) is 4.76. The molecule has 0 atom stereocenters. The molecule has 0 radical (unpaired) electrons. The summed E-state index contributed by atoms with van der Waals surface area (Å²) < 4.78 is 10.6. The molecule has 27 heavy (non-hydrogen) atoms. The van der Waals surface area contributed by atoms with E-state index in [1.165, 1.54) is 6.92 Å². The van der Waals surface area contributed by atoms with E-state index in [2.05, 4.69) is 15.4 Å². The van der Waals surface area contributed by atoms with Gasteiger partial charge in [-0.1, -0.05) is 11.2 Å². The molecule has 1 fully saturated rings. The first-order chi connectivity index (χ1) is 13.0. The van der Waals surface area contributed by atoms with Crippen LogP contribution < -0.4 is 14.8 Å². The maximum atomic E-state index is 11.8. The van der Waals surface area contributed by atoms with Crippen LogP contribution in [0.3, 0.4) is 0 Å². The third kappa shape index (κ3) is 5.68. The van der Waals surface area contributed by atoms with Gasteiger partial charge in [-0.05, 0) is 49.5 Å². The van der Waals surface area contributed by atoms with Gasteiger partial charge in [0.05, 0.1) is 14.2 Å². The van der Waals surface area contributed by atoms with E-state index in [4.69, 9.17) is 14.7 Å². The number of hydrogen-bond donors (Lipinski definition) is 2. The third-order valence-electron chi connectivity index (χ3n) is 4.76. The van der Waals surface area contributed by atoms with E-state index in [-0.39, 0.29) is 0 Å². The molecule has 1 heterocycles. The molecule has 1 aromatic carbocycles. The first-order valence-corrected chi connectivity index (χ1v) is 8.93. The lowest BCUT2D eigenvalue weighted by Crippen LogP contribution is -2.41. The van der Waals surface area contributed by atoms with Crippen LogP contribution in [0.5, 0.6) is 11.5 Å². The standard InChI is InChI=1S/C19H27N3O5/c1-13(23)18(21-25)19(24)20-11-14-6-8-22(9-7-14)12-15-4-5-16(26-2)17(10-15)27-3/h4-5,10,14,25H,6-9,11-12H2,1-3H3,(H,20,24)/b21-18+. The van der Waals surface area contributed by atoms with Crippen molar-refractivity contribution < 1.29 is 24.3 Å². The van der Waals surface area contributed by atoms with Crippen molar-refractivity contribution in [1.82, 2.24) is 10.2 Å². The van der Waals surface area contributed by atoms with Gasteiger partial charge in [0.15, 0.2) is 17.3 Å². The summed E-state index contributed by atoms with van der Waals surface area (Å²) in [6.07, 6.45) is 1.89. The first-order valence-electron chi connectivity index (χ1n) is 8.93. The van der Waals surface area contributed by atoms with E-state index in [1.807, 2.05) is 18.2 Å². The van der Waals surface area contributed by atoms with E-state index >= 15 is 0 Å². The number of ketones is 1. The number of hydrogen-bond acceptors (Lipinski definition) is 7. The van der Waals surface area contributed by atoms with Crippen molar-refractivity contribution in [2.24, 2.45) is 11.1 Å². The second-order valence-electron chi connectivity index (χ2n) is 6.62. The molecule has 1 aliphatic heterocycles. The molecule has 0 saturated carbocycles. The summed E-state index contributed by atoms with van der Waals surface area (Å²) in [5, 5.41) is 14.2. The van der Waals surface area contributed by atoms with Crippen LogP contribution in [0.4, 0.5) is 0 Å². The highest BCUT2D eigenvalue weighted by molar-refractivity contribution is 6.65. The molecule has 8 heteroatoms. The van der Waals surface area contributed by atoms with Crippen molar-refractivity contribution in [2.75, 3.05) is 33.9 Å². The minimum absolute atomic E-state index is 0.336. The predicted molar refractivity (Wildman–Crippen MR) is 100 cm³/mol. The largest absolute Gasteiger partial charge is 0.493 e. The van der Waals surface area contributed by atoms with Crippen molar-refractivity contribution in [1.29, 1.82) is 0 Å². The molecule has 0 bridgehead atoms. The van der Waals surface area contributed by atoms with E-state index in [0.717, 1.165) is 43.8 Å². The molecule has 1 saturated heterocycles. The lowest BCUT2D eigenvalue weighted by Gasteiger charge is -2.32. The van der Waals surface area contributed by atoms with E-state index in [1.54, 1.807) is 14.2 Å². The van der Waals surface area contributed by atoms with Crippen molar-refractivity contribution in [3.63, 3.8) is 0 Å². The van der Waals surface area contributed by atoms with Crippen LogP contribution in [0.1, 0.15) is 25.3 Å². The van der Waals surface area contributed by atoms with Gasteiger partial charge in [0, 0.05) is 20.0 Å². The molecule has 0 unspecified atom stereocenters. The maximum Gasteiger partial charge on any atom is 0.277 e. The number of oxime groups is 1. The van der Waals surface area contributed by atoms with Gasteiger partial charge >= 0.3 is 0 Å². The minimum Gasteiger partial charge on any atom is -0.493 e. The number of methoxy groups -OCH3 is 2. The van der Waals surface area contributed by atoms with Crippen LogP contribution >= 0.6 is 0 Å². The Bertz CT molecular complexity index is 697. The first kappa shape index (κ1) is 20.7. The van der Waals surface area contributed by atoms with Gasteiger partial charge in [-0.25, -0.2) is 0 Å². The monoisotopic (exact) mass is 377 g/mol. The quantitative estimate of drug-likeness (QED) is 0.308. The molecular weight excluding hydrogens is 350 g/mol. The highest BCUT2D eigenvalue weighted by Crippen LogP contribution is 2.28. The number of amides is 1. The second-order valence-corrected chi connectivity index (χ2v) is 6.62. The van der Waals surface area contributed by atoms with E-state index in [9.17, 15) is 9.59 Å². The molecule has 0 aromatic heterocycles. The highest BCUT2D eigenvalue weighted by atomic mass is 16.5. The second kappa shape index (κ2) is 9.91. The van der Waals surface area contributed by atoms with Crippen LogP contribution in [0, 0.1) is 5.92 Å². The number of nitrogens with one attached hydrogen (secondary N) is 1. The summed E-state index contributed by atoms with van der Waals surface area (Å²) in [5.41, 5.74) is 0.700. The Morgan fingerprint density at radius 2 is 1.89 bits per heavy atom. The SMILES string of the molecule is COc1ccc(CN2CCC(CNC(=O)/C(=N/O)C(C)=O)CC2)cc1OC. The molecule has 0 aliphatic carbocycles. The number of Topliss-reactive ketones (excluding diaryl/α,β-unsaturated/α-hetero) is 1. The van der Waals surface area contributed by atoms with Crippen molar-refractivity contribution in [3.8, 4) is 11.5 Å². The lowest BCUT2D eigenvalue weighted by atomic mass is 9.96. The van der Waals surface area contributed by atoms with Crippen molar-refractivity contribution in [2.45, 2.75) is 26.3 Å². The van der Waals surface area contributed by atoms with Crippen LogP contribution in [-0.2, 0) is 16.1 Å². The summed E-state index contributed by atoms with van der Waals surface area (Å²) in [6.45, 7) is 4.33. The topological polar surface area (TPSA) is 100 Å². The zero-order valence-corrected chi connectivity index (χ0v) is 16.0. The number of rotatable bonds is 8. The Kier molecular flexibility index (Phi) is 7.60. The van der Waals surface area contributed by atoms with Gasteiger partial charge in [0.2, 0.25) is 5.71 Å². The summed E-state index contributed by atoms with van der Waals surface area (Å²) >= 11 is 0. The fraction of sp³-hybridized carbons (Fsp3) is 0.526. The summed E-state index contributed by atoms with van der Waals surface area (Å²) in [6, 6.07) is 5.93. The number of benzene rings is 1. The van der Waals surface area contributed by atoms with Crippen LogP contribution in [0.2, 0.25) is 0 Å². The van der Waals surface area contributed by atoms with Crippen LogP contribution in [0.25, 0.3) is 0 Å². The lowest BCUT2D eigenvalue weighted by molar-refractivity contribution is -0.117. The van der Waals surface area contributed by atoms with E-state index < -0.39 is 17.4 Å². The molecule has 2 N–H and O–H groups in total. The fourth-order valence-corrected chi connectivity index (χ4v) is 3.18. The Balaban J connectivity index is 1.80. The number of likely N-dealkylation sites (tertiary alicyclic amines) is 1.